The van der Waals surface area contributed by atoms with Gasteiger partial charge in [0.25, 0.3) is 0 Å². The summed E-state index contributed by atoms with van der Waals surface area (Å²) in [5.74, 6) is 2.45. The summed E-state index contributed by atoms with van der Waals surface area (Å²) in [6.07, 6.45) is 2.03. The minimum atomic E-state index is -1.38. The molecule has 6 heteroatoms. The molecule has 302 valence electrons. The lowest BCUT2D eigenvalue weighted by Gasteiger charge is -2.29. The van der Waals surface area contributed by atoms with E-state index in [-0.39, 0.29) is 10.8 Å². The van der Waals surface area contributed by atoms with Crippen LogP contribution in [0.1, 0.15) is 58.2 Å². The molecule has 0 unspecified atom stereocenters. The molecule has 1 aliphatic heterocycles. The van der Waals surface area contributed by atoms with Gasteiger partial charge < -0.3 is 14.5 Å². The lowest BCUT2D eigenvalue weighted by molar-refractivity contribution is 0.483. The molecule has 0 spiro atoms. The molecule has 0 bridgehead atoms. The summed E-state index contributed by atoms with van der Waals surface area (Å²) in [4.78, 5) is 9.94. The average molecular weight is 805 g/mol. The van der Waals surface area contributed by atoms with Gasteiger partial charge in [-0.15, -0.1) is 0 Å². The molecule has 0 saturated carbocycles. The monoisotopic (exact) mass is 804 g/mol. The Labute approximate surface area is 356 Å². The molecular weight excluding hydrogens is 749 g/mol. The van der Waals surface area contributed by atoms with Crippen molar-refractivity contribution in [1.29, 1.82) is 0 Å². The van der Waals surface area contributed by atoms with Crippen molar-refractivity contribution in [3.05, 3.63) is 162 Å². The fourth-order valence-corrected chi connectivity index (χ4v) is 9.68. The van der Waals surface area contributed by atoms with Crippen molar-refractivity contribution in [1.82, 2.24) is 9.55 Å². The zero-order valence-electron chi connectivity index (χ0n) is 36.8. The maximum Gasteiger partial charge on any atom is 0.137 e. The van der Waals surface area contributed by atoms with Gasteiger partial charge in [-0.25, -0.2) is 4.98 Å². The van der Waals surface area contributed by atoms with E-state index in [1.54, 1.807) is 0 Å². The van der Waals surface area contributed by atoms with E-state index < -0.39 is 8.07 Å². The number of aryl methyl sites for hydroxylation is 1. The Morgan fingerprint density at radius 3 is 1.83 bits per heavy atom. The van der Waals surface area contributed by atoms with Gasteiger partial charge in [-0.1, -0.05) is 133 Å². The van der Waals surface area contributed by atoms with Crippen LogP contribution < -0.4 is 19.7 Å². The Balaban J connectivity index is 1.05. The summed E-state index contributed by atoms with van der Waals surface area (Å²) in [7, 11) is -1.38. The average Bonchev–Trinajstić information content (AvgIpc) is 3.76. The molecule has 0 atom stereocenters. The van der Waals surface area contributed by atoms with Crippen molar-refractivity contribution in [3.8, 4) is 28.4 Å². The van der Waals surface area contributed by atoms with E-state index in [9.17, 15) is 0 Å². The summed E-state index contributed by atoms with van der Waals surface area (Å²) in [6.45, 7) is 23.9. The topological polar surface area (TPSA) is 33.5 Å². The number of ether oxygens (including phenoxy) is 1. The number of nitrogens with zero attached hydrogens (tertiary/aromatic N) is 4. The van der Waals surface area contributed by atoms with Gasteiger partial charge in [-0.2, -0.15) is 0 Å². The van der Waals surface area contributed by atoms with E-state index in [4.69, 9.17) is 9.72 Å². The van der Waals surface area contributed by atoms with Crippen LogP contribution in [0.4, 0.5) is 22.7 Å². The van der Waals surface area contributed by atoms with Gasteiger partial charge in [0, 0.05) is 46.0 Å². The van der Waals surface area contributed by atoms with Gasteiger partial charge in [0.1, 0.15) is 24.0 Å². The predicted molar refractivity (Wildman–Crippen MR) is 258 cm³/mol. The van der Waals surface area contributed by atoms with Crippen molar-refractivity contribution in [2.45, 2.75) is 78.9 Å². The first-order valence-electron chi connectivity index (χ1n) is 21.2. The first-order chi connectivity index (χ1) is 28.5. The summed E-state index contributed by atoms with van der Waals surface area (Å²) >= 11 is 0. The number of aromatic nitrogens is 2. The third-order valence-corrected chi connectivity index (χ3v) is 14.2. The number of fused-ring (bicyclic) bond motifs is 4. The molecule has 1 aliphatic rings. The zero-order valence-corrected chi connectivity index (χ0v) is 37.8. The van der Waals surface area contributed by atoms with Crippen molar-refractivity contribution in [2.75, 3.05) is 16.5 Å². The number of rotatable bonds is 7. The molecule has 3 heterocycles. The van der Waals surface area contributed by atoms with Crippen molar-refractivity contribution < 1.29 is 4.74 Å². The quantitative estimate of drug-likeness (QED) is 0.150. The highest BCUT2D eigenvalue weighted by Crippen LogP contribution is 2.46. The lowest BCUT2D eigenvalue weighted by atomic mass is 9.80. The molecule has 9 rings (SSSR count). The van der Waals surface area contributed by atoms with Crippen LogP contribution in [0.25, 0.3) is 38.8 Å². The summed E-state index contributed by atoms with van der Waals surface area (Å²) in [5.41, 5.74) is 13.1. The number of para-hydroxylation sites is 3. The molecule has 0 radical (unpaired) electrons. The Morgan fingerprint density at radius 1 is 0.567 bits per heavy atom. The molecule has 0 aliphatic carbocycles. The normalized spacial score (nSPS) is 13.4. The minimum Gasteiger partial charge on any atom is -0.457 e. The fraction of sp³-hybridized carbons (Fsp3) is 0.241. The van der Waals surface area contributed by atoms with Gasteiger partial charge in [0.05, 0.1) is 30.5 Å². The van der Waals surface area contributed by atoms with Crippen molar-refractivity contribution >= 4 is 57.8 Å². The molecule has 0 fully saturated rings. The zero-order chi connectivity index (χ0) is 42.1. The smallest absolute Gasteiger partial charge is 0.137 e. The molecule has 0 N–H and O–H groups in total. The maximum atomic E-state index is 6.74. The minimum absolute atomic E-state index is 0.0262. The first kappa shape index (κ1) is 39.4. The predicted octanol–water partition coefficient (Wildman–Crippen LogP) is 14.3. The van der Waals surface area contributed by atoms with E-state index in [1.807, 2.05) is 12.3 Å². The maximum absolute atomic E-state index is 6.74. The van der Waals surface area contributed by atoms with Gasteiger partial charge in [-0.3, -0.25) is 4.57 Å². The van der Waals surface area contributed by atoms with Crippen LogP contribution in [0.5, 0.6) is 11.5 Å². The molecular formula is C54H56N4OSi. The van der Waals surface area contributed by atoms with Gasteiger partial charge >= 0.3 is 0 Å². The standard InChI is InChI=1S/C54H56N4OSi/c1-36-28-52(55-34-47(36)37-22-25-44(26-23-37)60(8,9)10)58-48-19-12-11-18-45(48)46-27-24-43(33-51(46)58)59-42-17-15-16-40(32-42)56-35-57(50-21-14-13-20-49(50)56)41-30-38(53(2,3)4)29-39(31-41)54(5,6)7/h11-34H,35H2,1-10H3. The first-order valence-corrected chi connectivity index (χ1v) is 24.7. The molecule has 8 aromatic rings. The van der Waals surface area contributed by atoms with E-state index in [2.05, 4.69) is 216 Å². The third kappa shape index (κ3) is 7.28. The largest absolute Gasteiger partial charge is 0.457 e. The highest BCUT2D eigenvalue weighted by atomic mass is 28.3. The second-order valence-corrected chi connectivity index (χ2v) is 24.6. The van der Waals surface area contributed by atoms with Crippen LogP contribution in [-0.4, -0.2) is 24.3 Å². The Kier molecular flexibility index (Phi) is 9.55. The third-order valence-electron chi connectivity index (χ3n) is 12.1. The molecule has 6 aromatic carbocycles. The van der Waals surface area contributed by atoms with Crippen LogP contribution in [0.3, 0.4) is 0 Å². The summed E-state index contributed by atoms with van der Waals surface area (Å²) in [5, 5.41) is 3.81. The highest BCUT2D eigenvalue weighted by Gasteiger charge is 2.30. The number of benzene rings is 6. The lowest BCUT2D eigenvalue weighted by Crippen LogP contribution is -2.37. The van der Waals surface area contributed by atoms with E-state index in [0.717, 1.165) is 45.0 Å². The second-order valence-electron chi connectivity index (χ2n) is 19.6. The Bertz CT molecular complexity index is 2870. The molecule has 5 nitrogen and oxygen atoms in total. The fourth-order valence-electron chi connectivity index (χ4n) is 8.52. The SMILES string of the molecule is Cc1cc(-n2c3ccccc3c3ccc(Oc4cccc(N5CN(c6cc(C(C)(C)C)cc(C(C)(C)C)c6)c6ccccc65)c4)cc32)ncc1-c1ccc([Si](C)(C)C)cc1. The molecule has 0 saturated heterocycles. The van der Waals surface area contributed by atoms with Gasteiger partial charge in [0.2, 0.25) is 0 Å². The molecule has 0 amide bonds. The number of pyridine rings is 1. The van der Waals surface area contributed by atoms with Crippen LogP contribution in [-0.2, 0) is 10.8 Å². The number of hydrogen-bond acceptors (Lipinski definition) is 4. The number of anilines is 4. The van der Waals surface area contributed by atoms with Gasteiger partial charge in [-0.05, 0) is 101 Å². The van der Waals surface area contributed by atoms with E-state index in [0.29, 0.717) is 6.67 Å². The number of hydrogen-bond donors (Lipinski definition) is 0. The summed E-state index contributed by atoms with van der Waals surface area (Å²) < 4.78 is 9.01. The van der Waals surface area contributed by atoms with E-state index in [1.165, 1.54) is 49.9 Å². The van der Waals surface area contributed by atoms with Crippen molar-refractivity contribution in [3.63, 3.8) is 0 Å². The van der Waals surface area contributed by atoms with E-state index >= 15 is 0 Å². The molecule has 2 aromatic heterocycles. The summed E-state index contributed by atoms with van der Waals surface area (Å²) in [6, 6.07) is 50.7. The van der Waals surface area contributed by atoms with Crippen molar-refractivity contribution in [2.24, 2.45) is 0 Å². The van der Waals surface area contributed by atoms with Gasteiger partial charge in [0.15, 0.2) is 0 Å². The Hall–Kier alpha value is -6.11. The highest BCUT2D eigenvalue weighted by molar-refractivity contribution is 6.88. The second kappa shape index (κ2) is 14.6. The van der Waals surface area contributed by atoms with Crippen LogP contribution in [0, 0.1) is 6.92 Å². The Morgan fingerprint density at radius 2 is 1.18 bits per heavy atom. The molecule has 60 heavy (non-hydrogen) atoms. The van der Waals surface area contributed by atoms with Crippen LogP contribution in [0.15, 0.2) is 146 Å². The van der Waals surface area contributed by atoms with Crippen LogP contribution >= 0.6 is 0 Å². The van der Waals surface area contributed by atoms with Crippen LogP contribution in [0.2, 0.25) is 19.6 Å².